The largest absolute Gasteiger partial charge is 0.481 e. The molecule has 65 heavy (non-hydrogen) atoms. The molecule has 19 atom stereocenters. The van der Waals surface area contributed by atoms with Crippen molar-refractivity contribution in [1.82, 2.24) is 0 Å². The molecule has 368 valence electrons. The topological polar surface area (TPSA) is 301 Å². The van der Waals surface area contributed by atoms with Gasteiger partial charge in [0.2, 0.25) is 0 Å². The molecule has 3 aliphatic rings. The smallest absolute Gasteiger partial charge is 0.311 e. The Bertz CT molecular complexity index is 1660. The lowest BCUT2D eigenvalue weighted by Crippen LogP contribution is -2.59. The molecule has 2 bridgehead atoms. The molecule has 16 heteroatoms. The van der Waals surface area contributed by atoms with E-state index in [1.54, 1.807) is 43.4 Å². The van der Waals surface area contributed by atoms with Gasteiger partial charge < -0.3 is 71.4 Å². The van der Waals surface area contributed by atoms with Crippen LogP contribution in [0.25, 0.3) is 0 Å². The fourth-order valence-electron chi connectivity index (χ4n) is 8.85. The van der Waals surface area contributed by atoms with Crippen molar-refractivity contribution in [2.75, 3.05) is 0 Å². The molecule has 0 aromatic heterocycles. The lowest BCUT2D eigenvalue weighted by atomic mass is 9.80. The van der Waals surface area contributed by atoms with Crippen molar-refractivity contribution in [3.63, 3.8) is 0 Å². The van der Waals surface area contributed by atoms with E-state index in [2.05, 4.69) is 0 Å². The minimum atomic E-state index is -2.28. The van der Waals surface area contributed by atoms with E-state index in [-0.39, 0.29) is 74.4 Å². The zero-order valence-corrected chi connectivity index (χ0v) is 38.2. The summed E-state index contributed by atoms with van der Waals surface area (Å²) in [5.41, 5.74) is 6.10. The second-order valence-corrected chi connectivity index (χ2v) is 18.6. The van der Waals surface area contributed by atoms with Crippen LogP contribution in [0.15, 0.2) is 85.1 Å². The zero-order chi connectivity index (χ0) is 48.4. The predicted octanol–water partition coefficient (Wildman–Crippen LogP) is 2.04. The van der Waals surface area contributed by atoms with Crippen LogP contribution in [0.2, 0.25) is 0 Å². The SMILES string of the molecule is CC1CC(O[C@H]2C=CC=CC=CC=CC=CC=CC=C[C@H](C)[C@@H](O)[C@@H](C)[C@H](C)CC(=O)C[C@H](O)C[C@H](O)CC[C@@H](O)[C@H](O)C[C@H](O)C[C@]3(O)C[C@H](O)[C@@H](C(=O)O)[C@H](C2)O3)C(O)C(N)C1O. The molecule has 1 aliphatic carbocycles. The first-order chi connectivity index (χ1) is 30.6. The van der Waals surface area contributed by atoms with Crippen LogP contribution >= 0.6 is 0 Å². The van der Waals surface area contributed by atoms with Crippen molar-refractivity contribution >= 4 is 11.8 Å². The summed E-state index contributed by atoms with van der Waals surface area (Å²) in [5, 5.41) is 119. The van der Waals surface area contributed by atoms with Crippen LogP contribution in [-0.4, -0.2) is 153 Å². The van der Waals surface area contributed by atoms with Crippen LogP contribution in [-0.2, 0) is 19.1 Å². The molecule has 2 fully saturated rings. The van der Waals surface area contributed by atoms with Gasteiger partial charge >= 0.3 is 5.97 Å². The summed E-state index contributed by atoms with van der Waals surface area (Å²) < 4.78 is 12.3. The molecule has 1 saturated heterocycles. The molecule has 0 spiro atoms. The molecule has 0 aromatic rings. The third-order valence-corrected chi connectivity index (χ3v) is 13.0. The summed E-state index contributed by atoms with van der Waals surface area (Å²) in [6.45, 7) is 7.38. The van der Waals surface area contributed by atoms with E-state index in [9.17, 15) is 65.8 Å². The van der Waals surface area contributed by atoms with Crippen LogP contribution < -0.4 is 5.73 Å². The van der Waals surface area contributed by atoms with Crippen LogP contribution in [0.3, 0.4) is 0 Å². The van der Waals surface area contributed by atoms with Gasteiger partial charge in [0.1, 0.15) is 11.7 Å². The van der Waals surface area contributed by atoms with Gasteiger partial charge in [0.15, 0.2) is 5.79 Å². The Kier molecular flexibility index (Phi) is 23.8. The molecule has 13 N–H and O–H groups in total. The summed E-state index contributed by atoms with van der Waals surface area (Å²) in [6, 6.07) is -1.02. The number of nitrogens with two attached hydrogens (primary N) is 1. The number of carbonyl (C=O) groups excluding carboxylic acids is 1. The number of aliphatic hydroxyl groups excluding tert-OH is 9. The van der Waals surface area contributed by atoms with Crippen molar-refractivity contribution in [2.24, 2.45) is 35.3 Å². The number of carboxylic acids is 1. The summed E-state index contributed by atoms with van der Waals surface area (Å²) >= 11 is 0. The molecule has 0 amide bonds. The monoisotopic (exact) mass is 920 g/mol. The number of Topliss-reactive ketones (excluding diaryl/α,β-unsaturated/α-hetero) is 1. The Labute approximate surface area is 383 Å². The molecule has 2 heterocycles. The number of carboxylic acid groups (broad SMARTS) is 1. The Hall–Kier alpha value is -3.20. The number of ether oxygens (including phenoxy) is 2. The van der Waals surface area contributed by atoms with E-state index in [1.807, 2.05) is 69.4 Å². The summed E-state index contributed by atoms with van der Waals surface area (Å²) in [5.74, 6) is -6.41. The van der Waals surface area contributed by atoms with Gasteiger partial charge in [0.05, 0.1) is 79.3 Å². The maximum Gasteiger partial charge on any atom is 0.311 e. The average Bonchev–Trinajstić information content (AvgIpc) is 3.21. The first kappa shape index (κ1) is 56.1. The second kappa shape index (κ2) is 27.6. The van der Waals surface area contributed by atoms with E-state index in [1.165, 1.54) is 0 Å². The highest BCUT2D eigenvalue weighted by molar-refractivity contribution is 5.79. The third kappa shape index (κ3) is 18.8. The van der Waals surface area contributed by atoms with Crippen molar-refractivity contribution in [2.45, 2.75) is 177 Å². The summed E-state index contributed by atoms with van der Waals surface area (Å²) in [6.07, 6.45) is 8.15. The maximum atomic E-state index is 12.8. The minimum absolute atomic E-state index is 0.0574. The van der Waals surface area contributed by atoms with Gasteiger partial charge in [0.25, 0.3) is 0 Å². The molecule has 16 nitrogen and oxygen atoms in total. The fraction of sp³-hybridized carbons (Fsp3) is 0.673. The number of ketones is 1. The lowest BCUT2D eigenvalue weighted by Gasteiger charge is -2.45. The van der Waals surface area contributed by atoms with Gasteiger partial charge in [-0.15, -0.1) is 0 Å². The van der Waals surface area contributed by atoms with Crippen LogP contribution in [0.1, 0.15) is 91.9 Å². The zero-order valence-electron chi connectivity index (χ0n) is 38.2. The van der Waals surface area contributed by atoms with Crippen LogP contribution in [0, 0.1) is 29.6 Å². The molecule has 0 radical (unpaired) electrons. The van der Waals surface area contributed by atoms with E-state index in [4.69, 9.17) is 15.2 Å². The van der Waals surface area contributed by atoms with Gasteiger partial charge in [-0.2, -0.15) is 0 Å². The molecule has 3 rings (SSSR count). The second-order valence-electron chi connectivity index (χ2n) is 18.6. The Morgan fingerprint density at radius 1 is 0.631 bits per heavy atom. The van der Waals surface area contributed by atoms with Crippen molar-refractivity contribution < 1.29 is 75.2 Å². The highest BCUT2D eigenvalue weighted by atomic mass is 16.6. The van der Waals surface area contributed by atoms with Gasteiger partial charge in [-0.05, 0) is 43.4 Å². The average molecular weight is 920 g/mol. The van der Waals surface area contributed by atoms with E-state index in [0.29, 0.717) is 0 Å². The number of aliphatic carboxylic acids is 1. The normalized spacial score (nSPS) is 42.2. The fourth-order valence-corrected chi connectivity index (χ4v) is 8.85. The van der Waals surface area contributed by atoms with E-state index >= 15 is 0 Å². The number of aliphatic hydroxyl groups is 10. The molecular formula is C49H77NO15. The molecule has 1 saturated carbocycles. The van der Waals surface area contributed by atoms with Gasteiger partial charge in [-0.1, -0.05) is 113 Å². The third-order valence-electron chi connectivity index (χ3n) is 13.0. The highest BCUT2D eigenvalue weighted by Gasteiger charge is 2.51. The van der Waals surface area contributed by atoms with Crippen molar-refractivity contribution in [3.8, 4) is 0 Å². The number of rotatable bonds is 3. The number of fused-ring (bicyclic) bond motifs is 2. The molecule has 5 unspecified atom stereocenters. The maximum absolute atomic E-state index is 12.8. The first-order valence-corrected chi connectivity index (χ1v) is 23.0. The number of carbonyl (C=O) groups is 2. The molecule has 2 aliphatic heterocycles. The first-order valence-electron chi connectivity index (χ1n) is 23.0. The number of hydrogen-bond acceptors (Lipinski definition) is 15. The Morgan fingerprint density at radius 3 is 1.78 bits per heavy atom. The standard InChI is InChI=1S/C49H77NO15/c1-29-17-15-13-11-9-7-5-6-8-10-12-14-16-18-37(64-42-22-31(3)46(59)44(50)47(42)60)26-41-43(48(61)62)40(57)28-49(63,65-41)27-36(54)25-39(56)38(55)20-19-33(51)23-35(53)24-34(52)21-30(2)32(4)45(29)58/h5-18,29-33,35-47,51,53-60,63H,19-28,50H2,1-4H3,(H,61,62)/t29-,30+,31?,32-,33+,35+,36-,37-,38+,39+,40-,41-,42?,43+,44?,45+,46?,47?,49+/m0/s1. The van der Waals surface area contributed by atoms with Gasteiger partial charge in [0, 0.05) is 44.4 Å². The summed E-state index contributed by atoms with van der Waals surface area (Å²) in [4.78, 5) is 25.3. The van der Waals surface area contributed by atoms with Crippen molar-refractivity contribution in [1.29, 1.82) is 0 Å². The number of hydrogen-bond donors (Lipinski definition) is 12. The lowest BCUT2D eigenvalue weighted by molar-refractivity contribution is -0.301. The van der Waals surface area contributed by atoms with E-state index in [0.717, 1.165) is 0 Å². The van der Waals surface area contributed by atoms with Crippen LogP contribution in [0.4, 0.5) is 0 Å². The Morgan fingerprint density at radius 2 is 1.20 bits per heavy atom. The number of allylic oxidation sites excluding steroid dienone is 12. The quantitative estimate of drug-likeness (QED) is 0.193. The summed E-state index contributed by atoms with van der Waals surface area (Å²) in [7, 11) is 0. The molecular weight excluding hydrogens is 843 g/mol. The molecule has 0 aromatic carbocycles. The van der Waals surface area contributed by atoms with Crippen LogP contribution in [0.5, 0.6) is 0 Å². The Balaban J connectivity index is 1.86. The minimum Gasteiger partial charge on any atom is -0.481 e. The predicted molar refractivity (Wildman–Crippen MR) is 243 cm³/mol. The van der Waals surface area contributed by atoms with Gasteiger partial charge in [-0.25, -0.2) is 0 Å². The van der Waals surface area contributed by atoms with E-state index < -0.39 is 116 Å². The highest BCUT2D eigenvalue weighted by Crippen LogP contribution is 2.38. The van der Waals surface area contributed by atoms with Gasteiger partial charge in [-0.3, -0.25) is 9.59 Å². The van der Waals surface area contributed by atoms with Crippen molar-refractivity contribution in [3.05, 3.63) is 85.1 Å².